The summed E-state index contributed by atoms with van der Waals surface area (Å²) in [5, 5.41) is 3.27. The maximum Gasteiger partial charge on any atom is 0.248 e. The number of amides is 1. The zero-order chi connectivity index (χ0) is 18.0. The largest absolute Gasteiger partial charge is 0.463 e. The highest BCUT2D eigenvalue weighted by atomic mass is 79.9. The van der Waals surface area contributed by atoms with E-state index in [1.807, 2.05) is 38.1 Å². The molecule has 0 aliphatic rings. The second-order valence-corrected chi connectivity index (χ2v) is 6.68. The van der Waals surface area contributed by atoms with Crippen LogP contribution >= 0.6 is 15.9 Å². The van der Waals surface area contributed by atoms with Gasteiger partial charge in [0.2, 0.25) is 5.91 Å². The monoisotopic (exact) mass is 397 g/mol. The zero-order valence-corrected chi connectivity index (χ0v) is 15.4. The maximum absolute atomic E-state index is 12.5. The van der Waals surface area contributed by atoms with E-state index in [4.69, 9.17) is 4.42 Å². The van der Waals surface area contributed by atoms with Gasteiger partial charge in [0.15, 0.2) is 5.43 Å². The minimum Gasteiger partial charge on any atom is -0.463 e. The van der Waals surface area contributed by atoms with Crippen LogP contribution in [0.15, 0.2) is 62.4 Å². The van der Waals surface area contributed by atoms with Crippen molar-refractivity contribution in [2.24, 2.45) is 0 Å². The number of benzene rings is 2. The van der Waals surface area contributed by atoms with Crippen molar-refractivity contribution in [2.45, 2.75) is 13.8 Å². The van der Waals surface area contributed by atoms with Gasteiger partial charge < -0.3 is 9.73 Å². The number of rotatable bonds is 3. The van der Waals surface area contributed by atoms with Gasteiger partial charge >= 0.3 is 0 Å². The van der Waals surface area contributed by atoms with Gasteiger partial charge in [-0.05, 0) is 65.7 Å². The number of nitrogens with one attached hydrogen (secondary N) is 1. The Labute approximate surface area is 153 Å². The van der Waals surface area contributed by atoms with Gasteiger partial charge in [-0.15, -0.1) is 0 Å². The van der Waals surface area contributed by atoms with Gasteiger partial charge in [-0.1, -0.05) is 17.7 Å². The summed E-state index contributed by atoms with van der Waals surface area (Å²) in [6.07, 6.45) is 4.15. The molecule has 0 aliphatic carbocycles. The van der Waals surface area contributed by atoms with Crippen LogP contribution in [0, 0.1) is 13.8 Å². The fourth-order valence-electron chi connectivity index (χ4n) is 2.44. The van der Waals surface area contributed by atoms with E-state index in [1.54, 1.807) is 12.1 Å². The highest BCUT2D eigenvalue weighted by Gasteiger charge is 2.07. The van der Waals surface area contributed by atoms with E-state index in [9.17, 15) is 9.59 Å². The smallest absolute Gasteiger partial charge is 0.248 e. The average Bonchev–Trinajstić information content (AvgIpc) is 2.57. The molecule has 3 rings (SSSR count). The van der Waals surface area contributed by atoms with Crippen molar-refractivity contribution in [3.8, 4) is 0 Å². The van der Waals surface area contributed by atoms with Crippen LogP contribution in [0.25, 0.3) is 17.0 Å². The highest BCUT2D eigenvalue weighted by molar-refractivity contribution is 9.10. The number of anilines is 1. The van der Waals surface area contributed by atoms with E-state index in [1.165, 1.54) is 18.4 Å². The van der Waals surface area contributed by atoms with Crippen molar-refractivity contribution in [2.75, 3.05) is 5.32 Å². The van der Waals surface area contributed by atoms with Gasteiger partial charge in [-0.3, -0.25) is 9.59 Å². The lowest BCUT2D eigenvalue weighted by molar-refractivity contribution is -0.111. The molecule has 2 aromatic carbocycles. The molecule has 0 aliphatic heterocycles. The van der Waals surface area contributed by atoms with Gasteiger partial charge in [0.05, 0.1) is 16.6 Å². The summed E-state index contributed by atoms with van der Waals surface area (Å²) in [6, 6.07) is 11.1. The third-order valence-corrected chi connectivity index (χ3v) is 4.41. The van der Waals surface area contributed by atoms with Crippen molar-refractivity contribution in [1.29, 1.82) is 0 Å². The van der Waals surface area contributed by atoms with Crippen LogP contribution in [-0.4, -0.2) is 5.91 Å². The van der Waals surface area contributed by atoms with E-state index >= 15 is 0 Å². The molecule has 4 nitrogen and oxygen atoms in total. The normalized spacial score (nSPS) is 11.2. The topological polar surface area (TPSA) is 59.3 Å². The number of carbonyl (C=O) groups excluding carboxylic acids is 1. The Morgan fingerprint density at radius 3 is 2.60 bits per heavy atom. The Morgan fingerprint density at radius 1 is 1.12 bits per heavy atom. The number of halogens is 1. The summed E-state index contributed by atoms with van der Waals surface area (Å²) < 4.78 is 6.27. The molecule has 25 heavy (non-hydrogen) atoms. The standard InChI is InChI=1S/C20H16BrNO3/c1-12-4-7-18-15(9-12)20(24)14(11-25-18)5-8-19(23)22-17-6-3-13(2)10-16(17)21/h3-11H,1-2H3,(H,22,23)/b8-5+. The van der Waals surface area contributed by atoms with Crippen molar-refractivity contribution in [3.05, 3.63) is 80.1 Å². The fraction of sp³-hybridized carbons (Fsp3) is 0.100. The first kappa shape index (κ1) is 17.2. The molecule has 126 valence electrons. The van der Waals surface area contributed by atoms with E-state index in [0.29, 0.717) is 22.2 Å². The van der Waals surface area contributed by atoms with E-state index < -0.39 is 0 Å². The Hall–Kier alpha value is -2.66. The number of fused-ring (bicyclic) bond motifs is 1. The lowest BCUT2D eigenvalue weighted by Gasteiger charge is -2.05. The molecule has 1 heterocycles. The predicted octanol–water partition coefficient (Wildman–Crippen LogP) is 4.82. The third kappa shape index (κ3) is 3.88. The summed E-state index contributed by atoms with van der Waals surface area (Å²) >= 11 is 3.41. The second kappa shape index (κ2) is 7.07. The predicted molar refractivity (Wildman–Crippen MR) is 104 cm³/mol. The fourth-order valence-corrected chi connectivity index (χ4v) is 3.03. The van der Waals surface area contributed by atoms with Crippen LogP contribution in [0.4, 0.5) is 5.69 Å². The van der Waals surface area contributed by atoms with Crippen LogP contribution in [0.1, 0.15) is 16.7 Å². The molecule has 0 atom stereocenters. The summed E-state index contributed by atoms with van der Waals surface area (Å²) in [4.78, 5) is 24.6. The number of carbonyl (C=O) groups is 1. The van der Waals surface area contributed by atoms with Crippen LogP contribution in [0.3, 0.4) is 0 Å². The van der Waals surface area contributed by atoms with Crippen molar-refractivity contribution >= 4 is 44.6 Å². The Bertz CT molecular complexity index is 1050. The molecule has 0 radical (unpaired) electrons. The van der Waals surface area contributed by atoms with Gasteiger partial charge in [0.1, 0.15) is 11.8 Å². The van der Waals surface area contributed by atoms with Gasteiger partial charge in [-0.2, -0.15) is 0 Å². The van der Waals surface area contributed by atoms with Crippen molar-refractivity contribution in [1.82, 2.24) is 0 Å². The Balaban J connectivity index is 1.84. The number of hydrogen-bond donors (Lipinski definition) is 1. The summed E-state index contributed by atoms with van der Waals surface area (Å²) in [6.45, 7) is 3.88. The molecule has 0 spiro atoms. The number of hydrogen-bond acceptors (Lipinski definition) is 3. The highest BCUT2D eigenvalue weighted by Crippen LogP contribution is 2.23. The molecule has 0 unspecified atom stereocenters. The summed E-state index contributed by atoms with van der Waals surface area (Å²) in [5.41, 5.74) is 3.43. The lowest BCUT2D eigenvalue weighted by Crippen LogP contribution is -2.09. The minimum absolute atomic E-state index is 0.162. The van der Waals surface area contributed by atoms with Crippen molar-refractivity contribution < 1.29 is 9.21 Å². The summed E-state index contributed by atoms with van der Waals surface area (Å²) in [7, 11) is 0. The molecule has 0 fully saturated rings. The van der Waals surface area contributed by atoms with Crippen LogP contribution < -0.4 is 10.7 Å². The molecule has 1 aromatic heterocycles. The van der Waals surface area contributed by atoms with Crippen LogP contribution in [0.2, 0.25) is 0 Å². The molecule has 0 saturated heterocycles. The molecular weight excluding hydrogens is 382 g/mol. The molecule has 5 heteroatoms. The molecule has 0 bridgehead atoms. The Morgan fingerprint density at radius 2 is 1.84 bits per heavy atom. The molecule has 1 N–H and O–H groups in total. The first-order valence-corrected chi connectivity index (χ1v) is 8.51. The van der Waals surface area contributed by atoms with E-state index in [2.05, 4.69) is 21.2 Å². The van der Waals surface area contributed by atoms with Gasteiger partial charge in [-0.25, -0.2) is 0 Å². The average molecular weight is 398 g/mol. The van der Waals surface area contributed by atoms with Crippen LogP contribution in [-0.2, 0) is 4.79 Å². The van der Waals surface area contributed by atoms with Crippen molar-refractivity contribution in [3.63, 3.8) is 0 Å². The first-order chi connectivity index (χ1) is 11.9. The Kier molecular flexibility index (Phi) is 4.86. The maximum atomic E-state index is 12.5. The van der Waals surface area contributed by atoms with Gasteiger partial charge in [0.25, 0.3) is 0 Å². The minimum atomic E-state index is -0.326. The second-order valence-electron chi connectivity index (χ2n) is 5.83. The molecule has 0 saturated carbocycles. The van der Waals surface area contributed by atoms with Gasteiger partial charge in [0, 0.05) is 10.5 Å². The third-order valence-electron chi connectivity index (χ3n) is 3.75. The number of aryl methyl sites for hydroxylation is 2. The molecular formula is C20H16BrNO3. The quantitative estimate of drug-likeness (QED) is 0.644. The molecule has 3 aromatic rings. The zero-order valence-electron chi connectivity index (χ0n) is 13.8. The first-order valence-electron chi connectivity index (χ1n) is 7.71. The van der Waals surface area contributed by atoms with E-state index in [0.717, 1.165) is 15.6 Å². The molecule has 1 amide bonds. The van der Waals surface area contributed by atoms with Crippen LogP contribution in [0.5, 0.6) is 0 Å². The SMILES string of the molecule is Cc1ccc(NC(=O)/C=C/c2coc3ccc(C)cc3c2=O)c(Br)c1. The summed E-state index contributed by atoms with van der Waals surface area (Å²) in [5.74, 6) is -0.326. The van der Waals surface area contributed by atoms with E-state index in [-0.39, 0.29) is 11.3 Å². The lowest BCUT2D eigenvalue weighted by atomic mass is 10.1.